The quantitative estimate of drug-likeness (QED) is 0.625. The maximum atomic E-state index is 5.17. The average Bonchev–Trinajstić information content (AvgIpc) is 2.96. The summed E-state index contributed by atoms with van der Waals surface area (Å²) in [7, 11) is 1.67. The fourth-order valence-corrected chi connectivity index (χ4v) is 2.52. The van der Waals surface area contributed by atoms with Gasteiger partial charge in [-0.15, -0.1) is 0 Å². The molecule has 23 heavy (non-hydrogen) atoms. The van der Waals surface area contributed by atoms with E-state index in [2.05, 4.69) is 27.5 Å². The van der Waals surface area contributed by atoms with Gasteiger partial charge in [0.1, 0.15) is 5.75 Å². The van der Waals surface area contributed by atoms with E-state index in [1.165, 1.54) is 0 Å². The van der Waals surface area contributed by atoms with E-state index in [0.29, 0.717) is 0 Å². The molecule has 4 nitrogen and oxygen atoms in total. The zero-order valence-electron chi connectivity index (χ0n) is 13.6. The second-order valence-electron chi connectivity index (χ2n) is 5.44. The summed E-state index contributed by atoms with van der Waals surface area (Å²) in [5.41, 5.74) is 3.16. The van der Waals surface area contributed by atoms with Crippen LogP contribution in [-0.2, 0) is 6.54 Å². The molecule has 0 unspecified atom stereocenters. The first-order valence-corrected chi connectivity index (χ1v) is 7.95. The van der Waals surface area contributed by atoms with Gasteiger partial charge < -0.3 is 9.30 Å². The van der Waals surface area contributed by atoms with Crippen LogP contribution in [0.25, 0.3) is 11.0 Å². The average molecular weight is 307 g/mol. The highest BCUT2D eigenvalue weighted by atomic mass is 16.5. The van der Waals surface area contributed by atoms with Gasteiger partial charge in [0, 0.05) is 12.8 Å². The molecule has 3 rings (SSSR count). The number of hydrogen-bond donors (Lipinski definition) is 0. The van der Waals surface area contributed by atoms with Crippen molar-refractivity contribution >= 4 is 23.2 Å². The fourth-order valence-electron chi connectivity index (χ4n) is 2.52. The summed E-state index contributed by atoms with van der Waals surface area (Å²) >= 11 is 0. The minimum atomic E-state index is 0.760. The molecule has 0 aliphatic heterocycles. The molecular formula is C19H21N3O. The topological polar surface area (TPSA) is 39.4 Å². The van der Waals surface area contributed by atoms with E-state index in [-0.39, 0.29) is 0 Å². The van der Waals surface area contributed by atoms with Gasteiger partial charge in [-0.05, 0) is 48.4 Å². The summed E-state index contributed by atoms with van der Waals surface area (Å²) in [5.74, 6) is 1.60. The van der Waals surface area contributed by atoms with Crippen LogP contribution in [0.2, 0.25) is 0 Å². The number of imidazole rings is 1. The smallest absolute Gasteiger partial charge is 0.230 e. The Bertz CT molecular complexity index is 803. The number of para-hydroxylation sites is 2. The fraction of sp³-hybridized carbons (Fsp3) is 0.263. The minimum Gasteiger partial charge on any atom is -0.497 e. The maximum absolute atomic E-state index is 5.17. The van der Waals surface area contributed by atoms with Gasteiger partial charge in [-0.1, -0.05) is 25.5 Å². The van der Waals surface area contributed by atoms with E-state index in [0.717, 1.165) is 47.7 Å². The van der Waals surface area contributed by atoms with E-state index in [4.69, 9.17) is 4.74 Å². The molecule has 0 fully saturated rings. The van der Waals surface area contributed by atoms with Crippen molar-refractivity contribution in [2.45, 2.75) is 26.3 Å². The highest BCUT2D eigenvalue weighted by Crippen LogP contribution is 2.22. The van der Waals surface area contributed by atoms with Crippen LogP contribution in [0.5, 0.6) is 5.75 Å². The molecule has 3 aromatic rings. The number of unbranched alkanes of at least 4 members (excludes halogenated alkanes) is 1. The van der Waals surface area contributed by atoms with Gasteiger partial charge in [-0.3, -0.25) is 0 Å². The predicted molar refractivity (Wildman–Crippen MR) is 94.9 cm³/mol. The normalized spacial score (nSPS) is 11.4. The number of fused-ring (bicyclic) bond motifs is 1. The van der Waals surface area contributed by atoms with Crippen molar-refractivity contribution in [2.75, 3.05) is 7.11 Å². The Labute approximate surface area is 136 Å². The molecular weight excluding hydrogens is 286 g/mol. The Morgan fingerprint density at radius 2 is 1.91 bits per heavy atom. The third-order valence-corrected chi connectivity index (χ3v) is 3.81. The highest BCUT2D eigenvalue weighted by molar-refractivity contribution is 5.83. The van der Waals surface area contributed by atoms with Gasteiger partial charge in [0.2, 0.25) is 5.95 Å². The summed E-state index contributed by atoms with van der Waals surface area (Å²) in [6.07, 6.45) is 4.11. The van der Waals surface area contributed by atoms with Crippen molar-refractivity contribution in [1.82, 2.24) is 9.55 Å². The standard InChI is InChI=1S/C19H21N3O/c1-3-4-13-22-18-8-6-5-7-17(18)21-19(22)20-14-15-9-11-16(23-2)12-10-15/h5-12,14H,3-4,13H2,1-2H3. The third-order valence-electron chi connectivity index (χ3n) is 3.81. The molecule has 0 saturated carbocycles. The molecule has 2 aromatic carbocycles. The van der Waals surface area contributed by atoms with Crippen LogP contribution >= 0.6 is 0 Å². The van der Waals surface area contributed by atoms with Crippen LogP contribution in [0.4, 0.5) is 5.95 Å². The molecule has 1 aromatic heterocycles. The van der Waals surface area contributed by atoms with Crippen LogP contribution in [0.1, 0.15) is 25.3 Å². The Hall–Kier alpha value is -2.62. The van der Waals surface area contributed by atoms with Crippen LogP contribution in [0, 0.1) is 0 Å². The Kier molecular flexibility index (Phi) is 4.71. The molecule has 0 aliphatic rings. The van der Waals surface area contributed by atoms with Crippen LogP contribution < -0.4 is 4.74 Å². The molecule has 118 valence electrons. The van der Waals surface area contributed by atoms with Crippen LogP contribution in [-0.4, -0.2) is 22.9 Å². The maximum Gasteiger partial charge on any atom is 0.230 e. The highest BCUT2D eigenvalue weighted by Gasteiger charge is 2.08. The second kappa shape index (κ2) is 7.09. The zero-order valence-corrected chi connectivity index (χ0v) is 13.6. The third kappa shape index (κ3) is 3.42. The lowest BCUT2D eigenvalue weighted by atomic mass is 10.2. The number of rotatable bonds is 6. The van der Waals surface area contributed by atoms with E-state index < -0.39 is 0 Å². The Morgan fingerprint density at radius 1 is 1.13 bits per heavy atom. The molecule has 0 N–H and O–H groups in total. The summed E-state index contributed by atoms with van der Waals surface area (Å²) < 4.78 is 7.37. The van der Waals surface area contributed by atoms with Crippen molar-refractivity contribution in [2.24, 2.45) is 4.99 Å². The molecule has 0 radical (unpaired) electrons. The van der Waals surface area contributed by atoms with Crippen LogP contribution in [0.3, 0.4) is 0 Å². The lowest BCUT2D eigenvalue weighted by Gasteiger charge is -2.05. The number of hydrogen-bond acceptors (Lipinski definition) is 3. The molecule has 0 aliphatic carbocycles. The predicted octanol–water partition coefficient (Wildman–Crippen LogP) is 4.60. The van der Waals surface area contributed by atoms with Gasteiger partial charge in [0.05, 0.1) is 18.1 Å². The molecule has 4 heteroatoms. The van der Waals surface area contributed by atoms with Crippen LogP contribution in [0.15, 0.2) is 53.5 Å². The monoisotopic (exact) mass is 307 g/mol. The van der Waals surface area contributed by atoms with Gasteiger partial charge >= 0.3 is 0 Å². The summed E-state index contributed by atoms with van der Waals surface area (Å²) in [6.45, 7) is 3.13. The number of aromatic nitrogens is 2. The second-order valence-corrected chi connectivity index (χ2v) is 5.44. The minimum absolute atomic E-state index is 0.760. The molecule has 0 saturated heterocycles. The lowest BCUT2D eigenvalue weighted by Crippen LogP contribution is -1.97. The van der Waals surface area contributed by atoms with Gasteiger partial charge in [-0.2, -0.15) is 0 Å². The zero-order chi connectivity index (χ0) is 16.1. The molecule has 0 bridgehead atoms. The summed E-state index contributed by atoms with van der Waals surface area (Å²) in [5, 5.41) is 0. The molecule has 0 amide bonds. The van der Waals surface area contributed by atoms with E-state index >= 15 is 0 Å². The first-order chi connectivity index (χ1) is 11.3. The Morgan fingerprint density at radius 3 is 2.65 bits per heavy atom. The van der Waals surface area contributed by atoms with Crippen molar-refractivity contribution in [3.63, 3.8) is 0 Å². The molecule has 0 spiro atoms. The lowest BCUT2D eigenvalue weighted by molar-refractivity contribution is 0.415. The van der Waals surface area contributed by atoms with E-state index in [1.807, 2.05) is 48.7 Å². The van der Waals surface area contributed by atoms with E-state index in [1.54, 1.807) is 7.11 Å². The SMILES string of the molecule is CCCCn1c(N=Cc2ccc(OC)cc2)nc2ccccc21. The number of benzene rings is 2. The first kappa shape index (κ1) is 15.3. The molecule has 0 atom stereocenters. The molecule has 1 heterocycles. The summed E-state index contributed by atoms with van der Waals surface area (Å²) in [4.78, 5) is 9.26. The van der Waals surface area contributed by atoms with Crippen molar-refractivity contribution in [1.29, 1.82) is 0 Å². The largest absolute Gasteiger partial charge is 0.497 e. The first-order valence-electron chi connectivity index (χ1n) is 7.95. The van der Waals surface area contributed by atoms with E-state index in [9.17, 15) is 0 Å². The number of aliphatic imine (C=N–C) groups is 1. The number of methoxy groups -OCH3 is 1. The van der Waals surface area contributed by atoms with Crippen molar-refractivity contribution in [3.8, 4) is 5.75 Å². The van der Waals surface area contributed by atoms with Gasteiger partial charge in [0.15, 0.2) is 0 Å². The van der Waals surface area contributed by atoms with Crippen molar-refractivity contribution < 1.29 is 4.74 Å². The number of ether oxygens (including phenoxy) is 1. The van der Waals surface area contributed by atoms with Gasteiger partial charge in [0.25, 0.3) is 0 Å². The Balaban J connectivity index is 1.92. The number of aryl methyl sites for hydroxylation is 1. The van der Waals surface area contributed by atoms with Gasteiger partial charge in [-0.25, -0.2) is 9.98 Å². The van der Waals surface area contributed by atoms with Crippen molar-refractivity contribution in [3.05, 3.63) is 54.1 Å². The summed E-state index contributed by atoms with van der Waals surface area (Å²) in [6, 6.07) is 16.0. The number of nitrogens with zero attached hydrogens (tertiary/aromatic N) is 3.